The van der Waals surface area contributed by atoms with E-state index in [4.69, 9.17) is 0 Å². The number of hydrogen-bond donors (Lipinski definition) is 1. The Kier molecular flexibility index (Phi) is 9.98. The lowest BCUT2D eigenvalue weighted by molar-refractivity contribution is -0.605. The first-order chi connectivity index (χ1) is 15.6. The van der Waals surface area contributed by atoms with Gasteiger partial charge in [-0.3, -0.25) is 9.59 Å². The van der Waals surface area contributed by atoms with Crippen LogP contribution in [0, 0.1) is 17.0 Å². The molecule has 1 aliphatic carbocycles. The molecule has 36 heavy (non-hydrogen) atoms. The van der Waals surface area contributed by atoms with Crippen molar-refractivity contribution in [2.75, 3.05) is 0 Å². The molecule has 188 valence electrons. The summed E-state index contributed by atoms with van der Waals surface area (Å²) in [6.07, 6.45) is 7.82. The van der Waals surface area contributed by atoms with Crippen molar-refractivity contribution in [2.45, 2.75) is 18.9 Å². The maximum absolute atomic E-state index is 12.9. The fourth-order valence-corrected chi connectivity index (χ4v) is 3.42. The quantitative estimate of drug-likeness (QED) is 0.215. The van der Waals surface area contributed by atoms with E-state index in [1.807, 2.05) is 24.3 Å². The van der Waals surface area contributed by atoms with Crippen LogP contribution in [0.3, 0.4) is 0 Å². The molecule has 5 rings (SSSR count). The van der Waals surface area contributed by atoms with Gasteiger partial charge in [-0.15, -0.1) is 0 Å². The molecule has 4 aromatic rings. The van der Waals surface area contributed by atoms with Crippen molar-refractivity contribution < 1.29 is 31.4 Å². The van der Waals surface area contributed by atoms with Crippen molar-refractivity contribution in [2.24, 2.45) is 0 Å². The largest absolute Gasteiger partial charge is 0.619 e. The number of carbonyl (C=O) groups is 1. The van der Waals surface area contributed by atoms with Gasteiger partial charge >= 0.3 is 0 Å². The lowest BCUT2D eigenvalue weighted by atomic mass is 10.1. The molecule has 11 nitrogen and oxygen atoms in total. The molecule has 0 aliphatic heterocycles. The van der Waals surface area contributed by atoms with E-state index in [9.17, 15) is 14.8 Å². The fraction of sp³-hybridized carbons (Fsp3) is 0.120. The van der Waals surface area contributed by atoms with Crippen molar-refractivity contribution in [1.29, 1.82) is 0 Å². The van der Waals surface area contributed by atoms with E-state index in [-0.39, 0.29) is 44.8 Å². The van der Waals surface area contributed by atoms with Crippen LogP contribution in [0.25, 0.3) is 16.7 Å². The summed E-state index contributed by atoms with van der Waals surface area (Å²) in [6.45, 7) is 0. The molecule has 9 N–H and O–H groups in total. The molecule has 0 bridgehead atoms. The van der Waals surface area contributed by atoms with Gasteiger partial charge in [0.05, 0.1) is 10.9 Å². The van der Waals surface area contributed by atoms with Crippen LogP contribution in [0.1, 0.15) is 34.3 Å². The first-order valence-electron chi connectivity index (χ1n) is 10.2. The van der Waals surface area contributed by atoms with Gasteiger partial charge in [0.1, 0.15) is 11.2 Å². The topological polar surface area (TPSA) is 217 Å². The number of pyridine rings is 3. The van der Waals surface area contributed by atoms with Crippen LogP contribution in [-0.4, -0.2) is 43.4 Å². The summed E-state index contributed by atoms with van der Waals surface area (Å²) in [5.74, 6) is 5.66. The Labute approximate surface area is 205 Å². The van der Waals surface area contributed by atoms with Crippen molar-refractivity contribution in [3.8, 4) is 17.5 Å². The van der Waals surface area contributed by atoms with Gasteiger partial charge < -0.3 is 37.0 Å². The second kappa shape index (κ2) is 12.2. The number of benzene rings is 1. The Hall–Kier alpha value is -4.60. The van der Waals surface area contributed by atoms with Crippen LogP contribution in [0.4, 0.5) is 0 Å². The smallest absolute Gasteiger partial charge is 0.257 e. The third-order valence-corrected chi connectivity index (χ3v) is 5.17. The Morgan fingerprint density at radius 3 is 2.47 bits per heavy atom. The predicted octanol–water partition coefficient (Wildman–Crippen LogP) is -0.988. The summed E-state index contributed by atoms with van der Waals surface area (Å²) in [4.78, 5) is 30.0. The molecule has 0 radical (unpaired) electrons. The van der Waals surface area contributed by atoms with Gasteiger partial charge in [-0.05, 0) is 49.2 Å². The van der Waals surface area contributed by atoms with Crippen molar-refractivity contribution in [3.05, 3.63) is 105 Å². The lowest BCUT2D eigenvalue weighted by Gasteiger charge is -2.13. The number of fused-ring (bicyclic) bond motifs is 1. The first-order valence-corrected chi connectivity index (χ1v) is 10.2. The molecule has 0 unspecified atom stereocenters. The normalized spacial score (nSPS) is 11.3. The van der Waals surface area contributed by atoms with E-state index < -0.39 is 0 Å². The summed E-state index contributed by atoms with van der Waals surface area (Å²) in [6, 6.07) is 14.3. The highest BCUT2D eigenvalue weighted by molar-refractivity contribution is 5.97. The second-order valence-electron chi connectivity index (χ2n) is 7.62. The lowest BCUT2D eigenvalue weighted by Crippen LogP contribution is -2.31. The Morgan fingerprint density at radius 2 is 1.75 bits per heavy atom. The molecular weight excluding hydrogens is 468 g/mol. The van der Waals surface area contributed by atoms with Gasteiger partial charge in [-0.1, -0.05) is 17.9 Å². The average molecular weight is 495 g/mol. The molecule has 3 aromatic heterocycles. The maximum Gasteiger partial charge on any atom is 0.257 e. The molecule has 3 heterocycles. The fourth-order valence-electron chi connectivity index (χ4n) is 3.42. The zero-order valence-electron chi connectivity index (χ0n) is 19.0. The molecule has 1 saturated carbocycles. The molecule has 1 fully saturated rings. The summed E-state index contributed by atoms with van der Waals surface area (Å²) >= 11 is 0. The van der Waals surface area contributed by atoms with E-state index in [0.29, 0.717) is 27.0 Å². The molecular formula is C25H26N4O7. The molecule has 0 atom stereocenters. The average Bonchev–Trinajstić information content (AvgIpc) is 3.62. The van der Waals surface area contributed by atoms with E-state index in [1.54, 1.807) is 41.2 Å². The van der Waals surface area contributed by atoms with E-state index in [0.717, 1.165) is 18.4 Å². The minimum atomic E-state index is -0.372. The van der Waals surface area contributed by atoms with Crippen LogP contribution in [-0.2, 0) is 0 Å². The van der Waals surface area contributed by atoms with Crippen molar-refractivity contribution >= 4 is 16.9 Å². The van der Waals surface area contributed by atoms with E-state index >= 15 is 0 Å². The Morgan fingerprint density at radius 1 is 1.03 bits per heavy atom. The van der Waals surface area contributed by atoms with E-state index in [2.05, 4.69) is 22.1 Å². The molecule has 1 amide bonds. The third kappa shape index (κ3) is 6.09. The number of nitrogens with zero attached hydrogens (tertiary/aromatic N) is 3. The van der Waals surface area contributed by atoms with Gasteiger partial charge in [-0.2, -0.15) is 4.73 Å². The number of aromatic nitrogens is 3. The highest BCUT2D eigenvalue weighted by Gasteiger charge is 2.26. The molecule has 0 spiro atoms. The predicted molar refractivity (Wildman–Crippen MR) is 134 cm³/mol. The standard InChI is InChI=1S/C25H18N4O3.4H2O/c30-23-21-7-2-12-26-24(21)29(16-22(23)25(31)27-19-10-11-19)20-6-1-4-17(14-20)8-9-18-5-3-13-28(32)15-18;;;;/h1-7,12-16,19H,10-11H2,(H,27,31);4*1H2. The van der Waals surface area contributed by atoms with Crippen molar-refractivity contribution in [1.82, 2.24) is 14.9 Å². The Bertz CT molecular complexity index is 1490. The Balaban J connectivity index is 0.00000162. The van der Waals surface area contributed by atoms with Crippen LogP contribution in [0.15, 0.2) is 78.1 Å². The van der Waals surface area contributed by atoms with Gasteiger partial charge in [-0.25, -0.2) is 4.98 Å². The number of carbonyl (C=O) groups excluding carboxylic acids is 1. The molecule has 0 saturated heterocycles. The molecule has 11 heteroatoms. The van der Waals surface area contributed by atoms with Gasteiger partial charge in [0.15, 0.2) is 12.4 Å². The van der Waals surface area contributed by atoms with Gasteiger partial charge in [0.25, 0.3) is 5.91 Å². The summed E-state index contributed by atoms with van der Waals surface area (Å²) in [5.41, 5.74) is 2.23. The van der Waals surface area contributed by atoms with Crippen LogP contribution < -0.4 is 15.5 Å². The summed E-state index contributed by atoms with van der Waals surface area (Å²) in [7, 11) is 0. The molecule has 1 aliphatic rings. The number of hydrogen-bond acceptors (Lipinski definition) is 4. The number of amides is 1. The summed E-state index contributed by atoms with van der Waals surface area (Å²) < 4.78 is 2.44. The van der Waals surface area contributed by atoms with Gasteiger partial charge in [0, 0.05) is 35.8 Å². The first kappa shape index (κ1) is 29.4. The van der Waals surface area contributed by atoms with Crippen molar-refractivity contribution in [3.63, 3.8) is 0 Å². The zero-order valence-corrected chi connectivity index (χ0v) is 19.0. The van der Waals surface area contributed by atoms with Gasteiger partial charge in [0.2, 0.25) is 5.43 Å². The highest BCUT2D eigenvalue weighted by atomic mass is 16.5. The minimum Gasteiger partial charge on any atom is -0.619 e. The maximum atomic E-state index is 12.9. The van der Waals surface area contributed by atoms with Crippen LogP contribution in [0.2, 0.25) is 0 Å². The third-order valence-electron chi connectivity index (χ3n) is 5.17. The molecule has 1 aromatic carbocycles. The zero-order chi connectivity index (χ0) is 22.1. The summed E-state index contributed by atoms with van der Waals surface area (Å²) in [5, 5.41) is 14.7. The van der Waals surface area contributed by atoms with Crippen LogP contribution in [0.5, 0.6) is 0 Å². The van der Waals surface area contributed by atoms with Crippen LogP contribution >= 0.6 is 0 Å². The number of rotatable bonds is 3. The van der Waals surface area contributed by atoms with E-state index in [1.165, 1.54) is 12.4 Å². The monoisotopic (exact) mass is 494 g/mol. The highest BCUT2D eigenvalue weighted by Crippen LogP contribution is 2.20. The number of nitrogens with one attached hydrogen (secondary N) is 1. The minimum absolute atomic E-state index is 0. The second-order valence-corrected chi connectivity index (χ2v) is 7.62. The SMILES string of the molecule is O.O.O.O.O=C(NC1CC1)c1cn(-c2cccc(C#Cc3ccc[n+]([O-])c3)c2)c2ncccc2c1=O.